The van der Waals surface area contributed by atoms with Crippen LogP contribution in [0, 0.1) is 0 Å². The van der Waals surface area contributed by atoms with Crippen molar-refractivity contribution in [1.82, 2.24) is 4.90 Å². The molecule has 0 aromatic heterocycles. The molecule has 2 rings (SSSR count). The van der Waals surface area contributed by atoms with Crippen molar-refractivity contribution in [3.8, 4) is 5.75 Å². The number of nitrogens with zero attached hydrogens (tertiary/aromatic N) is 1. The molecule has 22 heavy (non-hydrogen) atoms. The average Bonchev–Trinajstić information content (AvgIpc) is 3.00. The van der Waals surface area contributed by atoms with Gasteiger partial charge in [-0.25, -0.2) is 0 Å². The summed E-state index contributed by atoms with van der Waals surface area (Å²) in [5, 5.41) is 18.6. The Labute approximate surface area is 128 Å². The second kappa shape index (κ2) is 7.61. The van der Waals surface area contributed by atoms with E-state index in [4.69, 9.17) is 9.84 Å². The first kappa shape index (κ1) is 16.0. The summed E-state index contributed by atoms with van der Waals surface area (Å²) in [5.41, 5.74) is 1.13. The SMILES string of the molecule is O=COCC1CCCN1C(=O)C=Cc1ccc(O)c(CO)c1. The predicted molar refractivity (Wildman–Crippen MR) is 79.8 cm³/mol. The summed E-state index contributed by atoms with van der Waals surface area (Å²) in [5.74, 6) is -0.118. The zero-order chi connectivity index (χ0) is 15.9. The molecule has 118 valence electrons. The van der Waals surface area contributed by atoms with E-state index in [9.17, 15) is 14.7 Å². The van der Waals surface area contributed by atoms with Crippen LogP contribution < -0.4 is 0 Å². The molecule has 0 radical (unpaired) electrons. The van der Waals surface area contributed by atoms with Crippen LogP contribution in [0.15, 0.2) is 24.3 Å². The quantitative estimate of drug-likeness (QED) is 0.606. The Bertz CT molecular complexity index is 570. The number of hydrogen-bond acceptors (Lipinski definition) is 5. The van der Waals surface area contributed by atoms with Crippen LogP contribution in [0.2, 0.25) is 0 Å². The third-order valence-corrected chi connectivity index (χ3v) is 3.71. The average molecular weight is 305 g/mol. The van der Waals surface area contributed by atoms with Crippen molar-refractivity contribution in [2.45, 2.75) is 25.5 Å². The number of hydrogen-bond donors (Lipinski definition) is 2. The molecule has 0 aliphatic carbocycles. The van der Waals surface area contributed by atoms with Crippen molar-refractivity contribution in [3.63, 3.8) is 0 Å². The Balaban J connectivity index is 2.02. The summed E-state index contributed by atoms with van der Waals surface area (Å²) in [6, 6.07) is 4.69. The Morgan fingerprint density at radius 1 is 1.45 bits per heavy atom. The van der Waals surface area contributed by atoms with E-state index in [1.807, 2.05) is 0 Å². The number of rotatable bonds is 6. The number of aromatic hydroxyl groups is 1. The van der Waals surface area contributed by atoms with Gasteiger partial charge in [-0.2, -0.15) is 0 Å². The Kier molecular flexibility index (Phi) is 5.55. The number of benzene rings is 1. The molecule has 1 atom stereocenters. The minimum absolute atomic E-state index is 0.0246. The maximum atomic E-state index is 12.2. The minimum Gasteiger partial charge on any atom is -0.508 e. The van der Waals surface area contributed by atoms with E-state index in [1.165, 1.54) is 12.1 Å². The fourth-order valence-electron chi connectivity index (χ4n) is 2.55. The molecule has 1 unspecified atom stereocenters. The van der Waals surface area contributed by atoms with Crippen molar-refractivity contribution in [1.29, 1.82) is 0 Å². The monoisotopic (exact) mass is 305 g/mol. The number of carbonyl (C=O) groups is 2. The molecule has 6 nitrogen and oxygen atoms in total. The third kappa shape index (κ3) is 3.85. The van der Waals surface area contributed by atoms with Gasteiger partial charge in [0, 0.05) is 18.2 Å². The molecule has 1 aromatic carbocycles. The molecule has 0 spiro atoms. The van der Waals surface area contributed by atoms with Crippen LogP contribution >= 0.6 is 0 Å². The fraction of sp³-hybridized carbons (Fsp3) is 0.375. The lowest BCUT2D eigenvalue weighted by molar-refractivity contribution is -0.134. The molecule has 1 heterocycles. The first-order chi connectivity index (χ1) is 10.7. The van der Waals surface area contributed by atoms with Crippen molar-refractivity contribution >= 4 is 18.5 Å². The van der Waals surface area contributed by atoms with Crippen molar-refractivity contribution < 1.29 is 24.5 Å². The van der Waals surface area contributed by atoms with Crippen LogP contribution in [-0.2, 0) is 20.9 Å². The van der Waals surface area contributed by atoms with E-state index in [0.717, 1.165) is 18.4 Å². The number of likely N-dealkylation sites (tertiary alicyclic amines) is 1. The number of amides is 1. The van der Waals surface area contributed by atoms with E-state index in [0.29, 0.717) is 18.6 Å². The molecule has 6 heteroatoms. The number of ether oxygens (including phenoxy) is 1. The molecular formula is C16H19NO5. The summed E-state index contributed by atoms with van der Waals surface area (Å²) >= 11 is 0. The molecule has 1 aliphatic rings. The number of carbonyl (C=O) groups excluding carboxylic acids is 2. The van der Waals surface area contributed by atoms with Crippen molar-refractivity contribution in [2.75, 3.05) is 13.2 Å². The molecule has 0 bridgehead atoms. The lowest BCUT2D eigenvalue weighted by Gasteiger charge is -2.22. The van der Waals surface area contributed by atoms with Gasteiger partial charge in [-0.15, -0.1) is 0 Å². The molecular weight excluding hydrogens is 286 g/mol. The molecule has 1 saturated heterocycles. The third-order valence-electron chi connectivity index (χ3n) is 3.71. The first-order valence-electron chi connectivity index (χ1n) is 7.12. The number of aliphatic hydroxyl groups is 1. The summed E-state index contributed by atoms with van der Waals surface area (Å²) in [7, 11) is 0. The van der Waals surface area contributed by atoms with Gasteiger partial charge in [-0.05, 0) is 36.6 Å². The zero-order valence-corrected chi connectivity index (χ0v) is 12.1. The molecule has 2 N–H and O–H groups in total. The standard InChI is InChI=1S/C16H19NO5/c18-9-13-8-12(3-5-15(13)20)4-6-16(21)17-7-1-2-14(17)10-22-11-19/h3-6,8,11,14,18,20H,1-2,7,9-10H2. The van der Waals surface area contributed by atoms with Gasteiger partial charge >= 0.3 is 0 Å². The maximum Gasteiger partial charge on any atom is 0.293 e. The van der Waals surface area contributed by atoms with E-state index >= 15 is 0 Å². The molecule has 1 aromatic rings. The van der Waals surface area contributed by atoms with Gasteiger partial charge in [-0.1, -0.05) is 6.07 Å². The largest absolute Gasteiger partial charge is 0.508 e. The Morgan fingerprint density at radius 3 is 3.00 bits per heavy atom. The van der Waals surface area contributed by atoms with Crippen LogP contribution in [0.3, 0.4) is 0 Å². The van der Waals surface area contributed by atoms with E-state index in [-0.39, 0.29) is 30.9 Å². The van der Waals surface area contributed by atoms with Crippen LogP contribution in [-0.4, -0.2) is 46.7 Å². The van der Waals surface area contributed by atoms with Gasteiger partial charge in [0.2, 0.25) is 5.91 Å². The van der Waals surface area contributed by atoms with Crippen LogP contribution in [0.4, 0.5) is 0 Å². The Morgan fingerprint density at radius 2 is 2.27 bits per heavy atom. The van der Waals surface area contributed by atoms with Crippen molar-refractivity contribution in [2.24, 2.45) is 0 Å². The Hall–Kier alpha value is -2.34. The van der Waals surface area contributed by atoms with Crippen LogP contribution in [0.5, 0.6) is 5.75 Å². The summed E-state index contributed by atoms with van der Waals surface area (Å²) < 4.78 is 4.75. The number of aliphatic hydroxyl groups excluding tert-OH is 1. The van der Waals surface area contributed by atoms with E-state index < -0.39 is 0 Å². The van der Waals surface area contributed by atoms with Gasteiger partial charge in [0.25, 0.3) is 6.47 Å². The smallest absolute Gasteiger partial charge is 0.293 e. The number of phenols is 1. The highest BCUT2D eigenvalue weighted by atomic mass is 16.5. The normalized spacial score (nSPS) is 17.9. The van der Waals surface area contributed by atoms with Gasteiger partial charge in [0.1, 0.15) is 12.4 Å². The molecule has 0 saturated carbocycles. The second-order valence-electron chi connectivity index (χ2n) is 5.14. The first-order valence-corrected chi connectivity index (χ1v) is 7.12. The molecule has 1 amide bonds. The van der Waals surface area contributed by atoms with Crippen LogP contribution in [0.1, 0.15) is 24.0 Å². The van der Waals surface area contributed by atoms with E-state index in [1.54, 1.807) is 23.1 Å². The van der Waals surface area contributed by atoms with Gasteiger partial charge < -0.3 is 19.8 Å². The molecule has 1 fully saturated rings. The maximum absolute atomic E-state index is 12.2. The summed E-state index contributed by atoms with van der Waals surface area (Å²) in [6.45, 7) is 0.993. The highest BCUT2D eigenvalue weighted by molar-refractivity contribution is 5.92. The summed E-state index contributed by atoms with van der Waals surface area (Å²) in [6.07, 6.45) is 4.80. The van der Waals surface area contributed by atoms with Gasteiger partial charge in [0.15, 0.2) is 0 Å². The lowest BCUT2D eigenvalue weighted by Crippen LogP contribution is -2.37. The summed E-state index contributed by atoms with van der Waals surface area (Å²) in [4.78, 5) is 24.2. The van der Waals surface area contributed by atoms with Crippen LogP contribution in [0.25, 0.3) is 6.08 Å². The lowest BCUT2D eigenvalue weighted by atomic mass is 10.1. The zero-order valence-electron chi connectivity index (χ0n) is 12.1. The fourth-order valence-corrected chi connectivity index (χ4v) is 2.55. The molecule has 1 aliphatic heterocycles. The second-order valence-corrected chi connectivity index (χ2v) is 5.14. The van der Waals surface area contributed by atoms with Crippen molar-refractivity contribution in [3.05, 3.63) is 35.4 Å². The topological polar surface area (TPSA) is 87.1 Å². The minimum atomic E-state index is -0.265. The van der Waals surface area contributed by atoms with E-state index in [2.05, 4.69) is 0 Å². The highest BCUT2D eigenvalue weighted by Crippen LogP contribution is 2.20. The van der Waals surface area contributed by atoms with Gasteiger partial charge in [-0.3, -0.25) is 9.59 Å². The predicted octanol–water partition coefficient (Wildman–Crippen LogP) is 1.06. The highest BCUT2D eigenvalue weighted by Gasteiger charge is 2.27. The van der Waals surface area contributed by atoms with Gasteiger partial charge in [0.05, 0.1) is 12.6 Å².